The van der Waals surface area contributed by atoms with Gasteiger partial charge in [-0.25, -0.2) is 0 Å². The number of rotatable bonds is 4. The number of nitrogens with zero attached hydrogens (tertiary/aromatic N) is 7. The predicted octanol–water partition coefficient (Wildman–Crippen LogP) is 1.35. The Labute approximate surface area is 180 Å². The van der Waals surface area contributed by atoms with E-state index in [0.29, 0.717) is 26.1 Å². The van der Waals surface area contributed by atoms with Gasteiger partial charge in [0, 0.05) is 43.9 Å². The number of hydrogen-bond acceptors (Lipinski definition) is 7. The van der Waals surface area contributed by atoms with Gasteiger partial charge in [-0.2, -0.15) is 9.61 Å². The Morgan fingerprint density at radius 1 is 1.19 bits per heavy atom. The molecule has 2 aliphatic heterocycles. The van der Waals surface area contributed by atoms with Crippen molar-refractivity contribution in [1.29, 1.82) is 0 Å². The summed E-state index contributed by atoms with van der Waals surface area (Å²) in [4.78, 5) is 19.8. The Kier molecular flexibility index (Phi) is 5.15. The number of carbonyl (C=O) groups excluding carboxylic acids is 1. The molecule has 0 radical (unpaired) electrons. The number of aromatic nitrogens is 5. The van der Waals surface area contributed by atoms with E-state index in [1.54, 1.807) is 24.2 Å². The van der Waals surface area contributed by atoms with Crippen LogP contribution in [0.15, 0.2) is 36.7 Å². The van der Waals surface area contributed by atoms with E-state index in [-0.39, 0.29) is 11.8 Å². The summed E-state index contributed by atoms with van der Waals surface area (Å²) in [7, 11) is 0. The van der Waals surface area contributed by atoms with E-state index in [0.717, 1.165) is 48.7 Å². The molecule has 0 saturated carbocycles. The molecule has 1 atom stereocenters. The summed E-state index contributed by atoms with van der Waals surface area (Å²) >= 11 is 0. The number of likely N-dealkylation sites (tertiary alicyclic amines) is 2. The number of amides is 1. The molecular formula is C22H27N7O2. The quantitative estimate of drug-likeness (QED) is 0.679. The lowest BCUT2D eigenvalue weighted by atomic mass is 9.94. The first-order valence-electron chi connectivity index (χ1n) is 10.8. The topological polar surface area (TPSA) is 99.8 Å². The van der Waals surface area contributed by atoms with Gasteiger partial charge < -0.3 is 14.9 Å². The monoisotopic (exact) mass is 421 g/mol. The minimum Gasteiger partial charge on any atom is -0.387 e. The third-order valence-electron chi connectivity index (χ3n) is 6.49. The minimum absolute atomic E-state index is 0.0338. The van der Waals surface area contributed by atoms with E-state index in [9.17, 15) is 9.90 Å². The van der Waals surface area contributed by atoms with Crippen LogP contribution in [0.2, 0.25) is 0 Å². The fourth-order valence-corrected chi connectivity index (χ4v) is 4.75. The largest absolute Gasteiger partial charge is 0.387 e. The average Bonchev–Trinajstić information content (AvgIpc) is 3.38. The molecule has 0 aromatic carbocycles. The number of β-amino-alcohol motifs (C(OH)–C–C–N with tert-alkyl or cyclic N) is 1. The van der Waals surface area contributed by atoms with Crippen molar-refractivity contribution < 1.29 is 9.90 Å². The van der Waals surface area contributed by atoms with Gasteiger partial charge in [0.2, 0.25) is 5.91 Å². The first kappa shape index (κ1) is 20.0. The molecule has 5 heterocycles. The van der Waals surface area contributed by atoms with Crippen molar-refractivity contribution in [3.05, 3.63) is 42.5 Å². The molecule has 0 spiro atoms. The number of carbonyl (C=O) groups is 1. The molecule has 3 aromatic heterocycles. The summed E-state index contributed by atoms with van der Waals surface area (Å²) < 4.78 is 1.86. The molecule has 31 heavy (non-hydrogen) atoms. The van der Waals surface area contributed by atoms with Gasteiger partial charge in [-0.1, -0.05) is 0 Å². The molecule has 9 heteroatoms. The van der Waals surface area contributed by atoms with Crippen molar-refractivity contribution in [2.45, 2.75) is 37.7 Å². The van der Waals surface area contributed by atoms with Crippen LogP contribution in [0.4, 0.5) is 0 Å². The van der Waals surface area contributed by atoms with E-state index in [4.69, 9.17) is 5.10 Å². The van der Waals surface area contributed by atoms with Crippen LogP contribution in [-0.4, -0.2) is 83.9 Å². The van der Waals surface area contributed by atoms with E-state index in [2.05, 4.69) is 20.1 Å². The molecule has 1 unspecified atom stereocenters. The second kappa shape index (κ2) is 7.97. The molecule has 2 saturated heterocycles. The zero-order chi connectivity index (χ0) is 21.4. The summed E-state index contributed by atoms with van der Waals surface area (Å²) in [6.07, 6.45) is 6.07. The van der Waals surface area contributed by atoms with Crippen molar-refractivity contribution in [2.24, 2.45) is 0 Å². The maximum atomic E-state index is 11.6. The lowest BCUT2D eigenvalue weighted by molar-refractivity contribution is -0.129. The summed E-state index contributed by atoms with van der Waals surface area (Å²) in [6.45, 7) is 4.99. The van der Waals surface area contributed by atoms with E-state index < -0.39 is 5.60 Å². The molecule has 162 valence electrons. The maximum absolute atomic E-state index is 11.6. The van der Waals surface area contributed by atoms with Crippen LogP contribution in [0.3, 0.4) is 0 Å². The second-order valence-corrected chi connectivity index (χ2v) is 8.75. The molecule has 0 bridgehead atoms. The van der Waals surface area contributed by atoms with Crippen LogP contribution >= 0.6 is 0 Å². The van der Waals surface area contributed by atoms with Crippen molar-refractivity contribution in [3.63, 3.8) is 0 Å². The minimum atomic E-state index is -0.805. The molecule has 2 fully saturated rings. The normalized spacial score (nSPS) is 23.0. The Bertz CT molecular complexity index is 1080. The van der Waals surface area contributed by atoms with Gasteiger partial charge >= 0.3 is 0 Å². The van der Waals surface area contributed by atoms with Gasteiger partial charge in [-0.15, -0.1) is 10.2 Å². The highest BCUT2D eigenvalue weighted by molar-refractivity contribution is 5.73. The maximum Gasteiger partial charge on any atom is 0.219 e. The van der Waals surface area contributed by atoms with E-state index in [1.807, 2.05) is 28.8 Å². The molecule has 2 aliphatic rings. The first-order valence-corrected chi connectivity index (χ1v) is 10.8. The Hall–Kier alpha value is -2.91. The van der Waals surface area contributed by atoms with Crippen LogP contribution in [0.5, 0.6) is 0 Å². The van der Waals surface area contributed by atoms with Gasteiger partial charge in [0.05, 0.1) is 17.8 Å². The standard InChI is InChI=1S/C22H27N7O2/c1-16(30)28-12-8-22(31,15-28)14-27-10-6-17(7-11-27)21-25-24-20-5-4-19(26-29(20)21)18-3-2-9-23-13-18/h2-5,9,13,17,31H,6-8,10-12,14-15H2,1H3. The van der Waals surface area contributed by atoms with E-state index >= 15 is 0 Å². The third-order valence-corrected chi connectivity index (χ3v) is 6.49. The molecule has 5 rings (SSSR count). The zero-order valence-corrected chi connectivity index (χ0v) is 17.7. The highest BCUT2D eigenvalue weighted by atomic mass is 16.3. The smallest absolute Gasteiger partial charge is 0.219 e. The van der Waals surface area contributed by atoms with Crippen LogP contribution in [0, 0.1) is 0 Å². The summed E-state index contributed by atoms with van der Waals surface area (Å²) in [5.41, 5.74) is 1.75. The van der Waals surface area contributed by atoms with Crippen molar-refractivity contribution >= 4 is 11.6 Å². The van der Waals surface area contributed by atoms with Crippen LogP contribution < -0.4 is 0 Å². The second-order valence-electron chi connectivity index (χ2n) is 8.75. The summed E-state index contributed by atoms with van der Waals surface area (Å²) in [5, 5.41) is 24.5. The molecule has 0 aliphatic carbocycles. The average molecular weight is 422 g/mol. The number of piperidine rings is 1. The fourth-order valence-electron chi connectivity index (χ4n) is 4.75. The van der Waals surface area contributed by atoms with Gasteiger partial charge in [-0.3, -0.25) is 9.78 Å². The Balaban J connectivity index is 1.27. The molecular weight excluding hydrogens is 394 g/mol. The first-order chi connectivity index (χ1) is 15.0. The lowest BCUT2D eigenvalue weighted by Gasteiger charge is -2.36. The van der Waals surface area contributed by atoms with Gasteiger partial charge in [0.25, 0.3) is 0 Å². The molecule has 9 nitrogen and oxygen atoms in total. The fraction of sp³-hybridized carbons (Fsp3) is 0.500. The molecule has 1 N–H and O–H groups in total. The Morgan fingerprint density at radius 3 is 2.74 bits per heavy atom. The number of aliphatic hydroxyl groups is 1. The molecule has 3 aromatic rings. The summed E-state index contributed by atoms with van der Waals surface area (Å²) in [5.74, 6) is 1.20. The van der Waals surface area contributed by atoms with Crippen molar-refractivity contribution in [2.75, 3.05) is 32.7 Å². The highest BCUT2D eigenvalue weighted by Crippen LogP contribution is 2.30. The number of pyridine rings is 1. The van der Waals surface area contributed by atoms with E-state index in [1.165, 1.54) is 0 Å². The molecule has 1 amide bonds. The van der Waals surface area contributed by atoms with Gasteiger partial charge in [0.1, 0.15) is 0 Å². The van der Waals surface area contributed by atoms with Crippen LogP contribution in [0.1, 0.15) is 37.9 Å². The zero-order valence-electron chi connectivity index (χ0n) is 17.7. The highest BCUT2D eigenvalue weighted by Gasteiger charge is 2.39. The predicted molar refractivity (Wildman–Crippen MR) is 114 cm³/mol. The summed E-state index contributed by atoms with van der Waals surface area (Å²) in [6, 6.07) is 7.78. The van der Waals surface area contributed by atoms with Crippen LogP contribution in [0.25, 0.3) is 16.9 Å². The SMILES string of the molecule is CC(=O)N1CCC(O)(CN2CCC(c3nnc4ccc(-c5cccnc5)nn34)CC2)C1. The van der Waals surface area contributed by atoms with Crippen molar-refractivity contribution in [1.82, 2.24) is 34.6 Å². The van der Waals surface area contributed by atoms with Gasteiger partial charge in [-0.05, 0) is 56.6 Å². The lowest BCUT2D eigenvalue weighted by Crippen LogP contribution is -2.47. The van der Waals surface area contributed by atoms with Crippen LogP contribution in [-0.2, 0) is 4.79 Å². The number of fused-ring (bicyclic) bond motifs is 1. The number of hydrogen-bond donors (Lipinski definition) is 1. The van der Waals surface area contributed by atoms with Crippen molar-refractivity contribution in [3.8, 4) is 11.3 Å². The third kappa shape index (κ3) is 4.03. The Morgan fingerprint density at radius 2 is 2.03 bits per heavy atom. The van der Waals surface area contributed by atoms with Gasteiger partial charge in [0.15, 0.2) is 11.5 Å².